The molecule has 0 saturated heterocycles. The summed E-state index contributed by atoms with van der Waals surface area (Å²) >= 11 is 0. The zero-order valence-corrected chi connectivity index (χ0v) is 6.82. The number of halogens is 1. The van der Waals surface area contributed by atoms with E-state index >= 15 is 0 Å². The SMILES string of the molecule is C#CCCCOCCN.Cl. The van der Waals surface area contributed by atoms with Crippen LogP contribution in [0.2, 0.25) is 0 Å². The first-order chi connectivity index (χ1) is 4.41. The zero-order chi connectivity index (χ0) is 6.95. The first kappa shape index (κ1) is 12.4. The van der Waals surface area contributed by atoms with Crippen LogP contribution in [0.1, 0.15) is 12.8 Å². The molecule has 0 rings (SSSR count). The van der Waals surface area contributed by atoms with Crippen molar-refractivity contribution >= 4 is 12.4 Å². The molecule has 0 aromatic rings. The van der Waals surface area contributed by atoms with Crippen LogP contribution in [-0.4, -0.2) is 19.8 Å². The largest absolute Gasteiger partial charge is 0.380 e. The van der Waals surface area contributed by atoms with Gasteiger partial charge in [-0.3, -0.25) is 0 Å². The number of nitrogens with two attached hydrogens (primary N) is 1. The van der Waals surface area contributed by atoms with Crippen molar-refractivity contribution < 1.29 is 4.74 Å². The van der Waals surface area contributed by atoms with E-state index in [-0.39, 0.29) is 12.4 Å². The van der Waals surface area contributed by atoms with E-state index in [0.29, 0.717) is 13.2 Å². The van der Waals surface area contributed by atoms with Crippen molar-refractivity contribution in [2.45, 2.75) is 12.8 Å². The Morgan fingerprint density at radius 1 is 1.40 bits per heavy atom. The monoisotopic (exact) mass is 163 g/mol. The van der Waals surface area contributed by atoms with Gasteiger partial charge < -0.3 is 10.5 Å². The Labute approximate surface area is 68.5 Å². The van der Waals surface area contributed by atoms with Gasteiger partial charge in [-0.25, -0.2) is 0 Å². The number of ether oxygens (including phenoxy) is 1. The Kier molecular flexibility index (Phi) is 14.4. The minimum atomic E-state index is 0. The van der Waals surface area contributed by atoms with E-state index in [2.05, 4.69) is 5.92 Å². The van der Waals surface area contributed by atoms with Gasteiger partial charge in [0.05, 0.1) is 6.61 Å². The molecule has 0 aliphatic carbocycles. The van der Waals surface area contributed by atoms with Gasteiger partial charge in [0.1, 0.15) is 0 Å². The summed E-state index contributed by atoms with van der Waals surface area (Å²) in [6.07, 6.45) is 6.75. The van der Waals surface area contributed by atoms with Crippen LogP contribution in [0.25, 0.3) is 0 Å². The van der Waals surface area contributed by atoms with Crippen molar-refractivity contribution in [3.63, 3.8) is 0 Å². The zero-order valence-electron chi connectivity index (χ0n) is 6.01. The van der Waals surface area contributed by atoms with Crippen LogP contribution in [0.5, 0.6) is 0 Å². The van der Waals surface area contributed by atoms with Crippen LogP contribution in [0.4, 0.5) is 0 Å². The molecule has 0 bridgehead atoms. The van der Waals surface area contributed by atoms with Crippen LogP contribution < -0.4 is 5.73 Å². The molecule has 0 unspecified atom stereocenters. The number of hydrogen-bond acceptors (Lipinski definition) is 2. The summed E-state index contributed by atoms with van der Waals surface area (Å²) in [4.78, 5) is 0. The molecule has 0 aliphatic heterocycles. The summed E-state index contributed by atoms with van der Waals surface area (Å²) in [5.41, 5.74) is 5.18. The Balaban J connectivity index is 0. The normalized spacial score (nSPS) is 8.00. The van der Waals surface area contributed by atoms with Gasteiger partial charge in [-0.1, -0.05) is 0 Å². The molecule has 3 heteroatoms. The smallest absolute Gasteiger partial charge is 0.0588 e. The fourth-order valence-corrected chi connectivity index (χ4v) is 0.462. The first-order valence-electron chi connectivity index (χ1n) is 3.13. The van der Waals surface area contributed by atoms with Crippen LogP contribution in [0.3, 0.4) is 0 Å². The molecule has 0 fully saturated rings. The van der Waals surface area contributed by atoms with Gasteiger partial charge in [-0.05, 0) is 6.42 Å². The predicted octanol–water partition coefficient (Wildman–Crippen LogP) is 0.797. The maximum atomic E-state index is 5.18. The number of unbranched alkanes of at least 4 members (excludes halogenated alkanes) is 1. The molecule has 0 aromatic carbocycles. The average Bonchev–Trinajstić information content (AvgIpc) is 1.89. The highest BCUT2D eigenvalue weighted by molar-refractivity contribution is 5.85. The van der Waals surface area contributed by atoms with Gasteiger partial charge in [0.25, 0.3) is 0 Å². The number of rotatable bonds is 5. The van der Waals surface area contributed by atoms with E-state index in [0.717, 1.165) is 19.4 Å². The van der Waals surface area contributed by atoms with Gasteiger partial charge >= 0.3 is 0 Å². The fourth-order valence-electron chi connectivity index (χ4n) is 0.462. The Morgan fingerprint density at radius 3 is 2.60 bits per heavy atom. The lowest BCUT2D eigenvalue weighted by Gasteiger charge is -1.97. The van der Waals surface area contributed by atoms with E-state index in [1.54, 1.807) is 0 Å². The highest BCUT2D eigenvalue weighted by Gasteiger charge is 1.83. The van der Waals surface area contributed by atoms with Gasteiger partial charge in [-0.15, -0.1) is 24.8 Å². The van der Waals surface area contributed by atoms with Crippen molar-refractivity contribution in [2.75, 3.05) is 19.8 Å². The lowest BCUT2D eigenvalue weighted by atomic mass is 10.3. The maximum Gasteiger partial charge on any atom is 0.0588 e. The summed E-state index contributed by atoms with van der Waals surface area (Å²) in [6.45, 7) is 1.97. The maximum absolute atomic E-state index is 5.18. The van der Waals surface area contributed by atoms with E-state index in [9.17, 15) is 0 Å². The minimum Gasteiger partial charge on any atom is -0.380 e. The predicted molar refractivity (Wildman–Crippen MR) is 45.2 cm³/mol. The second-order valence-corrected chi connectivity index (χ2v) is 1.71. The van der Waals surface area contributed by atoms with Crippen LogP contribution >= 0.6 is 12.4 Å². The standard InChI is InChI=1S/C7H13NO.ClH/c1-2-3-4-6-9-7-5-8;/h1H,3-8H2;1H. The van der Waals surface area contributed by atoms with Gasteiger partial charge in [0, 0.05) is 19.6 Å². The van der Waals surface area contributed by atoms with Crippen molar-refractivity contribution in [1.82, 2.24) is 0 Å². The summed E-state index contributed by atoms with van der Waals surface area (Å²) < 4.78 is 5.06. The molecular formula is C7H14ClNO. The molecule has 0 saturated carbocycles. The summed E-state index contributed by atoms with van der Waals surface area (Å²) in [7, 11) is 0. The first-order valence-corrected chi connectivity index (χ1v) is 3.13. The van der Waals surface area contributed by atoms with Crippen molar-refractivity contribution in [1.29, 1.82) is 0 Å². The van der Waals surface area contributed by atoms with Crippen molar-refractivity contribution in [3.05, 3.63) is 0 Å². The quantitative estimate of drug-likeness (QED) is 0.481. The lowest BCUT2D eigenvalue weighted by molar-refractivity contribution is 0.140. The van der Waals surface area contributed by atoms with E-state index in [1.807, 2.05) is 0 Å². The van der Waals surface area contributed by atoms with Crippen LogP contribution in [-0.2, 0) is 4.74 Å². The van der Waals surface area contributed by atoms with Gasteiger partial charge in [-0.2, -0.15) is 0 Å². The lowest BCUT2D eigenvalue weighted by Crippen LogP contribution is -2.08. The summed E-state index contributed by atoms with van der Waals surface area (Å²) in [5.74, 6) is 2.53. The molecule has 2 nitrogen and oxygen atoms in total. The molecule has 0 spiro atoms. The molecule has 0 amide bonds. The highest BCUT2D eigenvalue weighted by Crippen LogP contribution is 1.85. The third-order valence-corrected chi connectivity index (χ3v) is 0.872. The average molecular weight is 164 g/mol. The van der Waals surface area contributed by atoms with Crippen LogP contribution in [0, 0.1) is 12.3 Å². The molecule has 10 heavy (non-hydrogen) atoms. The topological polar surface area (TPSA) is 35.2 Å². The van der Waals surface area contributed by atoms with E-state index in [1.165, 1.54) is 0 Å². The second-order valence-electron chi connectivity index (χ2n) is 1.71. The molecule has 60 valence electrons. The second kappa shape index (κ2) is 11.6. The molecule has 2 N–H and O–H groups in total. The minimum absolute atomic E-state index is 0. The summed E-state index contributed by atoms with van der Waals surface area (Å²) in [6, 6.07) is 0. The molecule has 0 aromatic heterocycles. The molecular weight excluding hydrogens is 150 g/mol. The van der Waals surface area contributed by atoms with Crippen LogP contribution in [0.15, 0.2) is 0 Å². The summed E-state index contributed by atoms with van der Waals surface area (Å²) in [5, 5.41) is 0. The third-order valence-electron chi connectivity index (χ3n) is 0.872. The Morgan fingerprint density at radius 2 is 2.10 bits per heavy atom. The fraction of sp³-hybridized carbons (Fsp3) is 0.714. The number of hydrogen-bond donors (Lipinski definition) is 1. The highest BCUT2D eigenvalue weighted by atomic mass is 35.5. The molecule has 0 radical (unpaired) electrons. The molecule has 0 heterocycles. The molecule has 0 aliphatic rings. The Bertz CT molecular complexity index is 90.1. The Hall–Kier alpha value is -0.230. The number of terminal acetylenes is 1. The van der Waals surface area contributed by atoms with Gasteiger partial charge in [0.15, 0.2) is 0 Å². The third kappa shape index (κ3) is 10.7. The van der Waals surface area contributed by atoms with E-state index in [4.69, 9.17) is 16.9 Å². The molecule has 0 atom stereocenters. The van der Waals surface area contributed by atoms with Crippen molar-refractivity contribution in [3.8, 4) is 12.3 Å². The van der Waals surface area contributed by atoms with Gasteiger partial charge in [0.2, 0.25) is 0 Å². The van der Waals surface area contributed by atoms with Crippen molar-refractivity contribution in [2.24, 2.45) is 5.73 Å². The van der Waals surface area contributed by atoms with E-state index < -0.39 is 0 Å².